The molecule has 4 unspecified atom stereocenters. The molecule has 0 aliphatic heterocycles. The number of unbranched alkanes of at least 4 members (excludes halogenated alkanes) is 8. The van der Waals surface area contributed by atoms with Crippen molar-refractivity contribution in [3.05, 3.63) is 0 Å². The molecule has 0 aliphatic rings. The van der Waals surface area contributed by atoms with Crippen LogP contribution in [0, 0.1) is 5.92 Å². The minimum absolute atomic E-state index is 0.0753. The Morgan fingerprint density at radius 3 is 1.67 bits per heavy atom. The number of aliphatic hydroxyl groups is 2. The highest BCUT2D eigenvalue weighted by Gasteiger charge is 2.35. The molecule has 0 spiro atoms. The summed E-state index contributed by atoms with van der Waals surface area (Å²) in [5, 5.41) is 27.4. The number of carbonyl (C=O) groups is 2. The number of carbonyl (C=O) groups excluding carboxylic acids is 1. The Balaban J connectivity index is 0. The predicted octanol–water partition coefficient (Wildman–Crippen LogP) is 5.48. The molecule has 0 bridgehead atoms. The summed E-state index contributed by atoms with van der Waals surface area (Å²) in [5.41, 5.74) is -1.58. The van der Waals surface area contributed by atoms with Crippen molar-refractivity contribution < 1.29 is 29.6 Å². The highest BCUT2D eigenvalue weighted by atomic mass is 16.6. The van der Waals surface area contributed by atoms with Crippen LogP contribution in [0.5, 0.6) is 0 Å². The molecule has 0 saturated heterocycles. The van der Waals surface area contributed by atoms with Crippen LogP contribution in [0.3, 0.4) is 0 Å². The second-order valence-corrected chi connectivity index (χ2v) is 8.68. The molecule has 0 aromatic rings. The highest BCUT2D eigenvalue weighted by Crippen LogP contribution is 2.23. The number of ether oxygens (including phenoxy) is 1. The van der Waals surface area contributed by atoms with Crippen molar-refractivity contribution in [2.24, 2.45) is 5.92 Å². The zero-order valence-electron chi connectivity index (χ0n) is 20.3. The molecular weight excluding hydrogens is 384 g/mol. The van der Waals surface area contributed by atoms with Gasteiger partial charge in [0.2, 0.25) is 0 Å². The van der Waals surface area contributed by atoms with Crippen LogP contribution >= 0.6 is 0 Å². The molecule has 0 heterocycles. The molecule has 180 valence electrons. The van der Waals surface area contributed by atoms with E-state index >= 15 is 0 Å². The smallest absolute Gasteiger partial charge is 0.335 e. The van der Waals surface area contributed by atoms with E-state index in [1.165, 1.54) is 58.8 Å². The van der Waals surface area contributed by atoms with Crippen molar-refractivity contribution in [1.29, 1.82) is 0 Å². The van der Waals surface area contributed by atoms with Crippen LogP contribution in [0.15, 0.2) is 0 Å². The van der Waals surface area contributed by atoms with Gasteiger partial charge < -0.3 is 20.1 Å². The Hall–Kier alpha value is -1.14. The van der Waals surface area contributed by atoms with Crippen molar-refractivity contribution in [2.45, 2.75) is 136 Å². The maximum absolute atomic E-state index is 11.0. The first kappa shape index (κ1) is 31.0. The molecule has 0 aromatic carbocycles. The maximum atomic E-state index is 11.0. The summed E-state index contributed by atoms with van der Waals surface area (Å²) in [5.74, 6) is -1.82. The lowest BCUT2D eigenvalue weighted by Gasteiger charge is -2.25. The van der Waals surface area contributed by atoms with Crippen LogP contribution in [0.1, 0.15) is 119 Å². The summed E-state index contributed by atoms with van der Waals surface area (Å²) in [7, 11) is 0. The van der Waals surface area contributed by atoms with E-state index in [-0.39, 0.29) is 12.0 Å². The van der Waals surface area contributed by atoms with Crippen molar-refractivity contribution in [3.63, 3.8) is 0 Å². The van der Waals surface area contributed by atoms with Gasteiger partial charge >= 0.3 is 11.9 Å². The van der Waals surface area contributed by atoms with Crippen molar-refractivity contribution in [2.75, 3.05) is 0 Å². The van der Waals surface area contributed by atoms with Crippen LogP contribution in [0.25, 0.3) is 0 Å². The SMILES string of the molecule is CCCCCCCC(C)C(C)(O)C(=O)O.CCCCCCCC(C)OC(=O)C(C)O. The number of aliphatic hydroxyl groups excluding tert-OH is 1. The van der Waals surface area contributed by atoms with Gasteiger partial charge in [-0.1, -0.05) is 78.6 Å². The lowest BCUT2D eigenvalue weighted by Crippen LogP contribution is -2.41. The third kappa shape index (κ3) is 16.6. The normalized spacial score (nSPS) is 15.9. The summed E-state index contributed by atoms with van der Waals surface area (Å²) in [4.78, 5) is 21.8. The number of carboxylic acid groups (broad SMARTS) is 1. The first-order valence-electron chi connectivity index (χ1n) is 11.8. The van der Waals surface area contributed by atoms with Crippen LogP contribution in [-0.4, -0.2) is 45.1 Å². The van der Waals surface area contributed by atoms with Gasteiger partial charge in [-0.15, -0.1) is 0 Å². The molecule has 0 aromatic heterocycles. The van der Waals surface area contributed by atoms with Crippen molar-refractivity contribution in [3.8, 4) is 0 Å². The summed E-state index contributed by atoms with van der Waals surface area (Å²) >= 11 is 0. The van der Waals surface area contributed by atoms with E-state index in [2.05, 4.69) is 13.8 Å². The quantitative estimate of drug-likeness (QED) is 0.220. The lowest BCUT2D eigenvalue weighted by atomic mass is 9.86. The molecule has 0 saturated carbocycles. The summed E-state index contributed by atoms with van der Waals surface area (Å²) in [6.07, 6.45) is 12.5. The molecule has 3 N–H and O–H groups in total. The first-order valence-corrected chi connectivity index (χ1v) is 11.8. The van der Waals surface area contributed by atoms with Gasteiger partial charge in [0.05, 0.1) is 6.10 Å². The van der Waals surface area contributed by atoms with E-state index in [1.54, 1.807) is 6.92 Å². The second kappa shape index (κ2) is 18.6. The Kier molecular flexibility index (Phi) is 19.3. The van der Waals surface area contributed by atoms with E-state index < -0.39 is 23.6 Å². The standard InChI is InChI=1S/2C12H24O3/c1-4-5-6-7-8-9-10(2)12(3,15)11(13)14;1-4-5-6-7-8-9-10(2)15-12(14)11(3)13/h10,15H,4-9H2,1-3H3,(H,13,14);10-11,13H,4-9H2,1-3H3. The van der Waals surface area contributed by atoms with Crippen LogP contribution in [0.4, 0.5) is 0 Å². The summed E-state index contributed by atoms with van der Waals surface area (Å²) in [6.45, 7) is 10.8. The zero-order valence-corrected chi connectivity index (χ0v) is 20.3. The van der Waals surface area contributed by atoms with Gasteiger partial charge in [-0.05, 0) is 46.0 Å². The van der Waals surface area contributed by atoms with E-state index in [1.807, 2.05) is 6.92 Å². The molecule has 6 nitrogen and oxygen atoms in total. The Bertz CT molecular complexity index is 431. The monoisotopic (exact) mass is 432 g/mol. The fourth-order valence-electron chi connectivity index (χ4n) is 2.94. The maximum Gasteiger partial charge on any atom is 0.335 e. The lowest BCUT2D eigenvalue weighted by molar-refractivity contribution is -0.162. The van der Waals surface area contributed by atoms with Crippen molar-refractivity contribution >= 4 is 11.9 Å². The van der Waals surface area contributed by atoms with Crippen LogP contribution in [0.2, 0.25) is 0 Å². The van der Waals surface area contributed by atoms with Gasteiger partial charge in [-0.2, -0.15) is 0 Å². The number of hydrogen-bond acceptors (Lipinski definition) is 5. The fourth-order valence-corrected chi connectivity index (χ4v) is 2.94. The minimum atomic E-state index is -1.58. The summed E-state index contributed by atoms with van der Waals surface area (Å²) < 4.78 is 5.03. The molecule has 6 heteroatoms. The highest BCUT2D eigenvalue weighted by molar-refractivity contribution is 5.76. The Labute approximate surface area is 184 Å². The van der Waals surface area contributed by atoms with Crippen LogP contribution < -0.4 is 0 Å². The molecule has 0 fully saturated rings. The average molecular weight is 433 g/mol. The van der Waals surface area contributed by atoms with Gasteiger partial charge in [0, 0.05) is 0 Å². The number of rotatable bonds is 16. The number of carboxylic acids is 1. The molecule has 0 amide bonds. The fraction of sp³-hybridized carbons (Fsp3) is 0.917. The third-order valence-electron chi connectivity index (χ3n) is 5.51. The number of hydrogen-bond donors (Lipinski definition) is 3. The predicted molar refractivity (Wildman–Crippen MR) is 121 cm³/mol. The van der Waals surface area contributed by atoms with Gasteiger partial charge in [0.1, 0.15) is 6.10 Å². The van der Waals surface area contributed by atoms with E-state index in [0.717, 1.165) is 32.1 Å². The van der Waals surface area contributed by atoms with Gasteiger partial charge in [0.25, 0.3) is 0 Å². The minimum Gasteiger partial charge on any atom is -0.479 e. The van der Waals surface area contributed by atoms with Crippen LogP contribution in [-0.2, 0) is 14.3 Å². The number of esters is 1. The largest absolute Gasteiger partial charge is 0.479 e. The molecule has 0 aliphatic carbocycles. The zero-order chi connectivity index (χ0) is 23.6. The molecule has 30 heavy (non-hydrogen) atoms. The molecule has 4 atom stereocenters. The molecule has 0 rings (SSSR count). The Morgan fingerprint density at radius 1 is 0.833 bits per heavy atom. The average Bonchev–Trinajstić information content (AvgIpc) is 2.67. The van der Waals surface area contributed by atoms with E-state index in [0.29, 0.717) is 0 Å². The van der Waals surface area contributed by atoms with Gasteiger partial charge in [-0.3, -0.25) is 0 Å². The third-order valence-corrected chi connectivity index (χ3v) is 5.51. The Morgan fingerprint density at radius 2 is 1.27 bits per heavy atom. The summed E-state index contributed by atoms with van der Waals surface area (Å²) in [6, 6.07) is 0. The number of aliphatic carboxylic acids is 1. The van der Waals surface area contributed by atoms with Gasteiger partial charge in [-0.25, -0.2) is 9.59 Å². The second-order valence-electron chi connectivity index (χ2n) is 8.68. The molecular formula is C24H48O6. The van der Waals surface area contributed by atoms with E-state index in [4.69, 9.17) is 14.9 Å². The topological polar surface area (TPSA) is 104 Å². The van der Waals surface area contributed by atoms with Gasteiger partial charge in [0.15, 0.2) is 5.60 Å². The van der Waals surface area contributed by atoms with Crippen molar-refractivity contribution in [1.82, 2.24) is 0 Å². The van der Waals surface area contributed by atoms with E-state index in [9.17, 15) is 14.7 Å². The molecule has 0 radical (unpaired) electrons. The first-order chi connectivity index (χ1) is 14.0.